The highest BCUT2D eigenvalue weighted by molar-refractivity contribution is 5.93. The molecule has 10 heteroatoms. The molecule has 0 unspecified atom stereocenters. The average Bonchev–Trinajstić information content (AvgIpc) is 3.50. The molecule has 0 spiro atoms. The molecular weight excluding hydrogens is 546 g/mol. The van der Waals surface area contributed by atoms with Crippen LogP contribution in [0.5, 0.6) is 5.75 Å². The molecule has 2 amide bonds. The Kier molecular flexibility index (Phi) is 9.62. The Labute approximate surface area is 250 Å². The number of aromatic carboxylic acids is 1. The van der Waals surface area contributed by atoms with Crippen molar-refractivity contribution in [3.05, 3.63) is 106 Å². The molecule has 5 N–H and O–H groups in total. The minimum atomic E-state index is -1.12. The van der Waals surface area contributed by atoms with Crippen LogP contribution in [0.25, 0.3) is 11.3 Å². The number of carbonyl (C=O) groups is 3. The predicted molar refractivity (Wildman–Crippen MR) is 164 cm³/mol. The van der Waals surface area contributed by atoms with Crippen LogP contribution >= 0.6 is 0 Å². The van der Waals surface area contributed by atoms with Crippen molar-refractivity contribution in [2.24, 2.45) is 5.73 Å². The largest absolute Gasteiger partial charge is 0.496 e. The number of nitrogens with zero attached hydrogens (tertiary/aromatic N) is 2. The number of amides is 2. The van der Waals surface area contributed by atoms with Crippen LogP contribution < -0.4 is 15.8 Å². The number of H-pyrrole nitrogens is 1. The van der Waals surface area contributed by atoms with Gasteiger partial charge in [-0.2, -0.15) is 0 Å². The van der Waals surface area contributed by atoms with Crippen molar-refractivity contribution < 1.29 is 24.2 Å². The summed E-state index contributed by atoms with van der Waals surface area (Å²) in [4.78, 5) is 47.7. The van der Waals surface area contributed by atoms with E-state index in [1.54, 1.807) is 42.4 Å². The molecule has 1 heterocycles. The molecule has 4 rings (SSSR count). The van der Waals surface area contributed by atoms with Crippen molar-refractivity contribution in [1.29, 1.82) is 0 Å². The highest BCUT2D eigenvalue weighted by Gasteiger charge is 2.31. The molecule has 4 aromatic rings. The molecule has 2 atom stereocenters. The molecule has 0 saturated carbocycles. The highest BCUT2D eigenvalue weighted by Crippen LogP contribution is 2.28. The maximum Gasteiger partial charge on any atom is 0.339 e. The van der Waals surface area contributed by atoms with Gasteiger partial charge in [-0.1, -0.05) is 36.4 Å². The van der Waals surface area contributed by atoms with Crippen LogP contribution in [0.1, 0.15) is 61.8 Å². The van der Waals surface area contributed by atoms with E-state index in [-0.39, 0.29) is 23.8 Å². The number of nitrogens with one attached hydrogen (secondary N) is 2. The van der Waals surface area contributed by atoms with Gasteiger partial charge in [-0.15, -0.1) is 0 Å². The van der Waals surface area contributed by atoms with E-state index in [1.165, 1.54) is 13.2 Å². The average molecular weight is 584 g/mol. The lowest BCUT2D eigenvalue weighted by atomic mass is 9.93. The standard InChI is InChI=1S/C33H37N5O5/c1-19-13-24(30(34)39)14-20(2)25(19)16-27(35-4)32(40)38(18-22-11-12-29(43-5)26(15-22)33(41)42)21(3)31-36-17-28(37-31)23-9-7-6-8-10-23/h6-15,17,21,27,35H,16,18H2,1-5H3,(H2,34,39)(H,36,37)(H,41,42)/t21-,27-/m0/s1. The van der Waals surface area contributed by atoms with E-state index in [0.717, 1.165) is 27.9 Å². The smallest absolute Gasteiger partial charge is 0.339 e. The van der Waals surface area contributed by atoms with Crippen molar-refractivity contribution >= 4 is 17.8 Å². The van der Waals surface area contributed by atoms with Crippen LogP contribution in [0.2, 0.25) is 0 Å². The lowest BCUT2D eigenvalue weighted by Gasteiger charge is -2.32. The Hall–Kier alpha value is -4.96. The van der Waals surface area contributed by atoms with Gasteiger partial charge in [0.05, 0.1) is 31.1 Å². The second-order valence-corrected chi connectivity index (χ2v) is 10.5. The number of carboxylic acids is 1. The third-order valence-electron chi connectivity index (χ3n) is 7.71. The number of ether oxygens (including phenoxy) is 1. The van der Waals surface area contributed by atoms with Crippen LogP contribution in [0.4, 0.5) is 0 Å². The number of primary amides is 1. The molecule has 0 aliphatic carbocycles. The number of rotatable bonds is 12. The van der Waals surface area contributed by atoms with Gasteiger partial charge in [0, 0.05) is 12.1 Å². The number of carboxylic acid groups (broad SMARTS) is 1. The van der Waals surface area contributed by atoms with Crippen molar-refractivity contribution in [3.63, 3.8) is 0 Å². The first kappa shape index (κ1) is 31.0. The number of aryl methyl sites for hydroxylation is 2. The second kappa shape index (κ2) is 13.3. The third-order valence-corrected chi connectivity index (χ3v) is 7.71. The zero-order chi connectivity index (χ0) is 31.3. The number of carbonyl (C=O) groups excluding carboxylic acids is 2. The number of aromatic nitrogens is 2. The van der Waals surface area contributed by atoms with E-state index in [2.05, 4.69) is 15.3 Å². The van der Waals surface area contributed by atoms with Crippen molar-refractivity contribution in [3.8, 4) is 17.0 Å². The molecular formula is C33H37N5O5. The Morgan fingerprint density at radius 1 is 1.07 bits per heavy atom. The number of nitrogens with two attached hydrogens (primary N) is 1. The monoisotopic (exact) mass is 583 g/mol. The Morgan fingerprint density at radius 2 is 1.74 bits per heavy atom. The molecule has 0 aliphatic rings. The fourth-order valence-electron chi connectivity index (χ4n) is 5.26. The third kappa shape index (κ3) is 6.92. The van der Waals surface area contributed by atoms with Gasteiger partial charge in [-0.3, -0.25) is 9.59 Å². The molecule has 1 aromatic heterocycles. The lowest BCUT2D eigenvalue weighted by Crippen LogP contribution is -2.47. The SMILES string of the molecule is CN[C@@H](Cc1c(C)cc(C(N)=O)cc1C)C(=O)N(Cc1ccc(OC)c(C(=O)O)c1)[C@@H](C)c1ncc(-c2ccccc2)[nH]1. The summed E-state index contributed by atoms with van der Waals surface area (Å²) in [5, 5.41) is 12.9. The summed E-state index contributed by atoms with van der Waals surface area (Å²) in [6, 6.07) is 17.0. The zero-order valence-electron chi connectivity index (χ0n) is 25.0. The lowest BCUT2D eigenvalue weighted by molar-refractivity contribution is -0.136. The zero-order valence-corrected chi connectivity index (χ0v) is 25.0. The summed E-state index contributed by atoms with van der Waals surface area (Å²) in [5.74, 6) is -1.00. The van der Waals surface area contributed by atoms with Crippen molar-refractivity contribution in [2.75, 3.05) is 14.2 Å². The first-order valence-corrected chi connectivity index (χ1v) is 13.9. The number of aromatic amines is 1. The van der Waals surface area contributed by atoms with E-state index in [1.807, 2.05) is 51.1 Å². The van der Waals surface area contributed by atoms with E-state index in [4.69, 9.17) is 10.5 Å². The minimum absolute atomic E-state index is 0.00960. The molecule has 224 valence electrons. The van der Waals surface area contributed by atoms with Gasteiger partial charge in [-0.25, -0.2) is 9.78 Å². The molecule has 0 aliphatic heterocycles. The fraction of sp³-hybridized carbons (Fsp3) is 0.273. The Morgan fingerprint density at radius 3 is 2.33 bits per heavy atom. The van der Waals surface area contributed by atoms with Crippen LogP contribution in [-0.4, -0.2) is 58.0 Å². The van der Waals surface area contributed by atoms with Crippen molar-refractivity contribution in [1.82, 2.24) is 20.2 Å². The molecule has 0 fully saturated rings. The van der Waals surface area contributed by atoms with Gasteiger partial charge in [0.2, 0.25) is 11.8 Å². The summed E-state index contributed by atoms with van der Waals surface area (Å²) < 4.78 is 5.23. The van der Waals surface area contributed by atoms with E-state index >= 15 is 0 Å². The quantitative estimate of drug-likeness (QED) is 0.193. The summed E-state index contributed by atoms with van der Waals surface area (Å²) in [6.07, 6.45) is 2.11. The highest BCUT2D eigenvalue weighted by atomic mass is 16.5. The molecule has 3 aromatic carbocycles. The van der Waals surface area contributed by atoms with Gasteiger partial charge < -0.3 is 30.8 Å². The van der Waals surface area contributed by atoms with E-state index < -0.39 is 24.0 Å². The first-order valence-electron chi connectivity index (χ1n) is 13.9. The summed E-state index contributed by atoms with van der Waals surface area (Å²) >= 11 is 0. The van der Waals surface area contributed by atoms with Crippen LogP contribution in [-0.2, 0) is 17.8 Å². The van der Waals surface area contributed by atoms with Gasteiger partial charge >= 0.3 is 5.97 Å². The number of hydrogen-bond acceptors (Lipinski definition) is 6. The maximum atomic E-state index is 14.3. The number of methoxy groups -OCH3 is 1. The number of likely N-dealkylation sites (N-methyl/N-ethyl adjacent to an activating group) is 1. The van der Waals surface area contributed by atoms with Crippen LogP contribution in [0.15, 0.2) is 66.9 Å². The van der Waals surface area contributed by atoms with Crippen LogP contribution in [0, 0.1) is 13.8 Å². The van der Waals surface area contributed by atoms with Gasteiger partial charge in [-0.05, 0) is 86.3 Å². The second-order valence-electron chi connectivity index (χ2n) is 10.5. The topological polar surface area (TPSA) is 151 Å². The normalized spacial score (nSPS) is 12.4. The summed E-state index contributed by atoms with van der Waals surface area (Å²) in [7, 11) is 3.14. The first-order chi connectivity index (χ1) is 20.5. The van der Waals surface area contributed by atoms with Gasteiger partial charge in [0.1, 0.15) is 17.1 Å². The minimum Gasteiger partial charge on any atom is -0.496 e. The Balaban J connectivity index is 1.71. The Bertz CT molecular complexity index is 1610. The maximum absolute atomic E-state index is 14.3. The number of imidazole rings is 1. The summed E-state index contributed by atoms with van der Waals surface area (Å²) in [5.41, 5.74) is 11.0. The van der Waals surface area contributed by atoms with Crippen LogP contribution in [0.3, 0.4) is 0 Å². The molecule has 0 bridgehead atoms. The molecule has 0 saturated heterocycles. The van der Waals surface area contributed by atoms with E-state index in [9.17, 15) is 19.5 Å². The van der Waals surface area contributed by atoms with Gasteiger partial charge in [0.25, 0.3) is 0 Å². The van der Waals surface area contributed by atoms with E-state index in [0.29, 0.717) is 23.4 Å². The summed E-state index contributed by atoms with van der Waals surface area (Å²) in [6.45, 7) is 5.80. The molecule has 43 heavy (non-hydrogen) atoms. The number of benzene rings is 3. The molecule has 0 radical (unpaired) electrons. The number of hydrogen-bond donors (Lipinski definition) is 4. The fourth-order valence-corrected chi connectivity index (χ4v) is 5.26. The predicted octanol–water partition coefficient (Wildman–Crippen LogP) is 4.42. The van der Waals surface area contributed by atoms with Gasteiger partial charge in [0.15, 0.2) is 0 Å². The molecule has 10 nitrogen and oxygen atoms in total. The van der Waals surface area contributed by atoms with Crippen molar-refractivity contribution in [2.45, 2.75) is 45.8 Å².